The number of carbonyl (C=O) groups excluding carboxylic acids is 1. The van der Waals surface area contributed by atoms with Gasteiger partial charge in [0, 0.05) is 15.2 Å². The summed E-state index contributed by atoms with van der Waals surface area (Å²) in [5.74, 6) is -0.464. The van der Waals surface area contributed by atoms with Crippen molar-refractivity contribution in [2.24, 2.45) is 0 Å². The molecule has 0 aliphatic rings. The lowest BCUT2D eigenvalue weighted by molar-refractivity contribution is -0.112. The van der Waals surface area contributed by atoms with Crippen molar-refractivity contribution in [2.75, 3.05) is 5.32 Å². The largest absolute Gasteiger partial charge is 0.321 e. The molecule has 0 aromatic heterocycles. The Bertz CT molecular complexity index is 1130. The molecule has 0 radical (unpaired) electrons. The third-order valence-electron chi connectivity index (χ3n) is 4.51. The number of nitrogens with zero attached hydrogens (tertiary/aromatic N) is 1. The summed E-state index contributed by atoms with van der Waals surface area (Å²) in [5, 5.41) is 12.9. The summed E-state index contributed by atoms with van der Waals surface area (Å²) in [6, 6.07) is 23.0. The summed E-state index contributed by atoms with van der Waals surface area (Å²) in [5.41, 5.74) is 4.48. The fourth-order valence-corrected chi connectivity index (χ4v) is 3.50. The Balaban J connectivity index is 1.89. The van der Waals surface area contributed by atoms with Gasteiger partial charge >= 0.3 is 0 Å². The zero-order valence-electron chi connectivity index (χ0n) is 15.7. The topological polar surface area (TPSA) is 52.9 Å². The molecule has 1 amide bonds. The van der Waals surface area contributed by atoms with Gasteiger partial charge in [0.25, 0.3) is 5.91 Å². The molecule has 144 valence electrons. The van der Waals surface area contributed by atoms with Gasteiger partial charge in [0.1, 0.15) is 11.6 Å². The molecule has 0 saturated carbocycles. The van der Waals surface area contributed by atoms with Crippen molar-refractivity contribution >= 4 is 45.2 Å². The predicted molar refractivity (Wildman–Crippen MR) is 122 cm³/mol. The maximum atomic E-state index is 12.7. The van der Waals surface area contributed by atoms with Gasteiger partial charge in [0.2, 0.25) is 0 Å². The molecule has 0 unspecified atom stereocenters. The van der Waals surface area contributed by atoms with Crippen molar-refractivity contribution in [1.82, 2.24) is 0 Å². The minimum absolute atomic E-state index is 0.0314. The van der Waals surface area contributed by atoms with Crippen molar-refractivity contribution in [3.8, 4) is 6.07 Å². The van der Waals surface area contributed by atoms with Crippen LogP contribution in [0.4, 0.5) is 5.69 Å². The van der Waals surface area contributed by atoms with Gasteiger partial charge in [-0.15, -0.1) is 0 Å². The van der Waals surface area contributed by atoms with Gasteiger partial charge in [-0.2, -0.15) is 5.26 Å². The second-order valence-electron chi connectivity index (χ2n) is 6.55. The number of hydrogen-bond acceptors (Lipinski definition) is 2. The van der Waals surface area contributed by atoms with Crippen molar-refractivity contribution in [2.45, 2.75) is 13.3 Å². The van der Waals surface area contributed by atoms with Gasteiger partial charge in [-0.1, -0.05) is 76.1 Å². The third kappa shape index (κ3) is 5.35. The Labute approximate surface area is 183 Å². The maximum absolute atomic E-state index is 12.7. The van der Waals surface area contributed by atoms with E-state index < -0.39 is 5.91 Å². The second-order valence-corrected chi connectivity index (χ2v) is 7.84. The fourth-order valence-electron chi connectivity index (χ4n) is 2.91. The SMILES string of the molecule is Cc1ccc(Cl)cc1NC(=O)/C(C#N)=C/c1ccccc1Cc1ccccc1Br. The van der Waals surface area contributed by atoms with Crippen LogP contribution in [0.25, 0.3) is 6.08 Å². The molecule has 0 spiro atoms. The van der Waals surface area contributed by atoms with Crippen LogP contribution in [0.2, 0.25) is 5.02 Å². The standard InChI is InChI=1S/C24H18BrClN2O/c1-16-10-11-21(26)14-23(16)28-24(29)20(15-27)13-18-7-3-2-6-17(18)12-19-8-4-5-9-22(19)25/h2-11,13-14H,12H2,1H3,(H,28,29)/b20-13+. The van der Waals surface area contributed by atoms with E-state index in [-0.39, 0.29) is 5.57 Å². The highest BCUT2D eigenvalue weighted by molar-refractivity contribution is 9.10. The lowest BCUT2D eigenvalue weighted by Crippen LogP contribution is -2.14. The first-order valence-electron chi connectivity index (χ1n) is 8.98. The number of hydrogen-bond donors (Lipinski definition) is 1. The first-order valence-corrected chi connectivity index (χ1v) is 10.2. The molecule has 1 N–H and O–H groups in total. The van der Waals surface area contributed by atoms with Crippen molar-refractivity contribution < 1.29 is 4.79 Å². The average molecular weight is 466 g/mol. The van der Waals surface area contributed by atoms with Crippen LogP contribution in [-0.4, -0.2) is 5.91 Å². The lowest BCUT2D eigenvalue weighted by Gasteiger charge is -2.10. The van der Waals surface area contributed by atoms with Crippen LogP contribution in [-0.2, 0) is 11.2 Å². The Kier molecular flexibility index (Phi) is 6.87. The second kappa shape index (κ2) is 9.56. The number of nitrogens with one attached hydrogen (secondary N) is 1. The van der Waals surface area contributed by atoms with Gasteiger partial charge in [0.05, 0.1) is 0 Å². The molecule has 0 saturated heterocycles. The van der Waals surface area contributed by atoms with Crippen LogP contribution in [0.15, 0.2) is 76.8 Å². The van der Waals surface area contributed by atoms with E-state index in [4.69, 9.17) is 11.6 Å². The number of nitriles is 1. The summed E-state index contributed by atoms with van der Waals surface area (Å²) in [6.07, 6.45) is 2.31. The normalized spacial score (nSPS) is 11.0. The van der Waals surface area contributed by atoms with Crippen molar-refractivity contribution in [1.29, 1.82) is 5.26 Å². The summed E-state index contributed by atoms with van der Waals surface area (Å²) >= 11 is 9.59. The monoisotopic (exact) mass is 464 g/mol. The van der Waals surface area contributed by atoms with Crippen molar-refractivity contribution in [3.05, 3.63) is 104 Å². The molecule has 0 atom stereocenters. The summed E-state index contributed by atoms with van der Waals surface area (Å²) in [6.45, 7) is 1.87. The van der Waals surface area contributed by atoms with Gasteiger partial charge in [-0.3, -0.25) is 4.79 Å². The smallest absolute Gasteiger partial charge is 0.266 e. The van der Waals surface area contributed by atoms with Crippen LogP contribution < -0.4 is 5.32 Å². The van der Waals surface area contributed by atoms with E-state index >= 15 is 0 Å². The average Bonchev–Trinajstić information content (AvgIpc) is 2.71. The fraction of sp³-hybridized carbons (Fsp3) is 0.0833. The molecule has 29 heavy (non-hydrogen) atoms. The zero-order valence-corrected chi connectivity index (χ0v) is 18.1. The summed E-state index contributed by atoms with van der Waals surface area (Å²) in [4.78, 5) is 12.7. The summed E-state index contributed by atoms with van der Waals surface area (Å²) in [7, 11) is 0. The van der Waals surface area contributed by atoms with Crippen LogP contribution in [0.5, 0.6) is 0 Å². The molecule has 3 nitrogen and oxygen atoms in total. The van der Waals surface area contributed by atoms with Gasteiger partial charge in [0.15, 0.2) is 0 Å². The van der Waals surface area contributed by atoms with Gasteiger partial charge in [-0.25, -0.2) is 0 Å². The highest BCUT2D eigenvalue weighted by Crippen LogP contribution is 2.24. The van der Waals surface area contributed by atoms with Crippen LogP contribution in [0.1, 0.15) is 22.3 Å². The van der Waals surface area contributed by atoms with E-state index in [1.165, 1.54) is 0 Å². The molecule has 0 heterocycles. The first kappa shape index (κ1) is 20.9. The van der Waals surface area contributed by atoms with E-state index in [2.05, 4.69) is 21.2 Å². The zero-order chi connectivity index (χ0) is 20.8. The number of benzene rings is 3. The van der Waals surface area contributed by atoms with Crippen LogP contribution >= 0.6 is 27.5 Å². The molecule has 5 heteroatoms. The molecule has 3 rings (SSSR count). The Morgan fingerprint density at radius 1 is 1.10 bits per heavy atom. The quantitative estimate of drug-likeness (QED) is 0.343. The molecule has 0 aliphatic carbocycles. The van der Waals surface area contributed by atoms with Gasteiger partial charge in [-0.05, 0) is 59.9 Å². The number of carbonyl (C=O) groups is 1. The third-order valence-corrected chi connectivity index (χ3v) is 5.52. The van der Waals surface area contributed by atoms with E-state index in [1.54, 1.807) is 18.2 Å². The number of halogens is 2. The van der Waals surface area contributed by atoms with Crippen molar-refractivity contribution in [3.63, 3.8) is 0 Å². The first-order chi connectivity index (χ1) is 14.0. The number of aryl methyl sites for hydroxylation is 1. The Morgan fingerprint density at radius 2 is 1.79 bits per heavy atom. The minimum Gasteiger partial charge on any atom is -0.321 e. The molecule has 3 aromatic carbocycles. The van der Waals surface area contributed by atoms with Gasteiger partial charge < -0.3 is 5.32 Å². The highest BCUT2D eigenvalue weighted by Gasteiger charge is 2.13. The predicted octanol–water partition coefficient (Wildman–Crippen LogP) is 6.55. The Hall–Kier alpha value is -2.87. The number of rotatable bonds is 5. The number of amides is 1. The molecule has 0 fully saturated rings. The Morgan fingerprint density at radius 3 is 2.52 bits per heavy atom. The van der Waals surface area contributed by atoms with E-state index in [0.29, 0.717) is 17.1 Å². The molecule has 0 aliphatic heterocycles. The molecule has 3 aromatic rings. The molecular weight excluding hydrogens is 448 g/mol. The highest BCUT2D eigenvalue weighted by atomic mass is 79.9. The molecular formula is C24H18BrClN2O. The lowest BCUT2D eigenvalue weighted by atomic mass is 9.98. The van der Waals surface area contributed by atoms with Crippen LogP contribution in [0.3, 0.4) is 0 Å². The number of anilines is 1. The van der Waals surface area contributed by atoms with E-state index in [1.807, 2.05) is 67.6 Å². The van der Waals surface area contributed by atoms with Crippen LogP contribution in [0, 0.1) is 18.3 Å². The van der Waals surface area contributed by atoms with E-state index in [0.717, 1.165) is 26.7 Å². The van der Waals surface area contributed by atoms with E-state index in [9.17, 15) is 10.1 Å². The summed E-state index contributed by atoms with van der Waals surface area (Å²) < 4.78 is 1.02. The maximum Gasteiger partial charge on any atom is 0.266 e. The molecule has 0 bridgehead atoms. The minimum atomic E-state index is -0.464.